The zero-order valence-electron chi connectivity index (χ0n) is 11.0. The number of hydrogen-bond acceptors (Lipinski definition) is 2. The zero-order chi connectivity index (χ0) is 12.3. The maximum atomic E-state index is 12.2. The van der Waals surface area contributed by atoms with Crippen LogP contribution in [0.15, 0.2) is 0 Å². The highest BCUT2D eigenvalue weighted by Gasteiger charge is 2.38. The second-order valence-corrected chi connectivity index (χ2v) is 5.96. The van der Waals surface area contributed by atoms with Gasteiger partial charge in [-0.25, -0.2) is 0 Å². The largest absolute Gasteiger partial charge is 0.352 e. The molecule has 0 spiro atoms. The van der Waals surface area contributed by atoms with E-state index in [1.54, 1.807) is 0 Å². The van der Waals surface area contributed by atoms with Gasteiger partial charge in [0.1, 0.15) is 0 Å². The summed E-state index contributed by atoms with van der Waals surface area (Å²) in [6, 6.07) is 0.381. The van der Waals surface area contributed by atoms with Crippen LogP contribution in [0.25, 0.3) is 0 Å². The van der Waals surface area contributed by atoms with Crippen LogP contribution in [0.5, 0.6) is 0 Å². The van der Waals surface area contributed by atoms with Crippen molar-refractivity contribution in [3.63, 3.8) is 0 Å². The van der Waals surface area contributed by atoms with E-state index in [0.717, 1.165) is 44.4 Å². The average molecular weight is 238 g/mol. The first kappa shape index (κ1) is 12.9. The van der Waals surface area contributed by atoms with Crippen molar-refractivity contribution in [3.8, 4) is 0 Å². The van der Waals surface area contributed by atoms with Gasteiger partial charge in [-0.2, -0.15) is 0 Å². The number of nitrogens with one attached hydrogen (secondary N) is 1. The maximum absolute atomic E-state index is 12.2. The Labute approximate surface area is 105 Å². The van der Waals surface area contributed by atoms with E-state index < -0.39 is 5.54 Å². The highest BCUT2D eigenvalue weighted by molar-refractivity contribution is 5.86. The first-order valence-electron chi connectivity index (χ1n) is 7.24. The number of hydrogen-bond donors (Lipinski definition) is 2. The molecule has 3 nitrogen and oxygen atoms in total. The van der Waals surface area contributed by atoms with Crippen LogP contribution in [-0.4, -0.2) is 17.5 Å². The molecule has 2 aliphatic rings. The first-order chi connectivity index (χ1) is 8.14. The molecular weight excluding hydrogens is 212 g/mol. The molecule has 0 aromatic rings. The Balaban J connectivity index is 1.79. The Morgan fingerprint density at radius 1 is 1.24 bits per heavy atom. The third kappa shape index (κ3) is 3.01. The summed E-state index contributed by atoms with van der Waals surface area (Å²) < 4.78 is 0. The molecule has 0 radical (unpaired) electrons. The number of rotatable bonds is 3. The predicted octanol–water partition coefficient (Wildman–Crippen LogP) is 2.34. The van der Waals surface area contributed by atoms with Gasteiger partial charge >= 0.3 is 0 Å². The lowest BCUT2D eigenvalue weighted by Gasteiger charge is -2.31. The van der Waals surface area contributed by atoms with Gasteiger partial charge in [-0.1, -0.05) is 26.2 Å². The lowest BCUT2D eigenvalue weighted by molar-refractivity contribution is -0.127. The lowest BCUT2D eigenvalue weighted by atomic mass is 9.84. The van der Waals surface area contributed by atoms with E-state index in [1.165, 1.54) is 19.3 Å². The Morgan fingerprint density at radius 2 is 1.82 bits per heavy atom. The molecule has 0 heterocycles. The van der Waals surface area contributed by atoms with Crippen molar-refractivity contribution in [2.24, 2.45) is 11.7 Å². The Kier molecular flexibility index (Phi) is 4.08. The summed E-state index contributed by atoms with van der Waals surface area (Å²) >= 11 is 0. The van der Waals surface area contributed by atoms with Crippen LogP contribution < -0.4 is 11.1 Å². The van der Waals surface area contributed by atoms with Crippen molar-refractivity contribution in [2.75, 3.05) is 0 Å². The van der Waals surface area contributed by atoms with Crippen molar-refractivity contribution in [2.45, 2.75) is 76.3 Å². The first-order valence-corrected chi connectivity index (χ1v) is 7.24. The Hall–Kier alpha value is -0.570. The lowest BCUT2D eigenvalue weighted by Crippen LogP contribution is -2.54. The molecule has 2 rings (SSSR count). The fourth-order valence-corrected chi connectivity index (χ4v) is 3.28. The van der Waals surface area contributed by atoms with Crippen LogP contribution in [0.3, 0.4) is 0 Å². The van der Waals surface area contributed by atoms with E-state index in [4.69, 9.17) is 5.73 Å². The van der Waals surface area contributed by atoms with Crippen LogP contribution >= 0.6 is 0 Å². The monoisotopic (exact) mass is 238 g/mol. The summed E-state index contributed by atoms with van der Waals surface area (Å²) in [7, 11) is 0. The predicted molar refractivity (Wildman–Crippen MR) is 69.6 cm³/mol. The minimum Gasteiger partial charge on any atom is -0.352 e. The highest BCUT2D eigenvalue weighted by atomic mass is 16.2. The normalized spacial score (nSPS) is 32.4. The minimum absolute atomic E-state index is 0.106. The molecule has 3 N–H and O–H groups in total. The fourth-order valence-electron chi connectivity index (χ4n) is 3.28. The number of carbonyl (C=O) groups excluding carboxylic acids is 1. The molecule has 0 aliphatic heterocycles. The van der Waals surface area contributed by atoms with Crippen LogP contribution in [0, 0.1) is 5.92 Å². The van der Waals surface area contributed by atoms with E-state index in [9.17, 15) is 4.79 Å². The molecule has 2 saturated carbocycles. The Bertz CT molecular complexity index is 263. The van der Waals surface area contributed by atoms with Crippen LogP contribution in [0.2, 0.25) is 0 Å². The van der Waals surface area contributed by atoms with Gasteiger partial charge in [0.2, 0.25) is 5.91 Å². The van der Waals surface area contributed by atoms with Crippen LogP contribution in [0.1, 0.15) is 64.7 Å². The topological polar surface area (TPSA) is 55.1 Å². The molecule has 3 heteroatoms. The Morgan fingerprint density at radius 3 is 2.35 bits per heavy atom. The van der Waals surface area contributed by atoms with Crippen molar-refractivity contribution >= 4 is 5.91 Å². The van der Waals surface area contributed by atoms with Gasteiger partial charge in [-0.15, -0.1) is 0 Å². The van der Waals surface area contributed by atoms with Gasteiger partial charge in [0, 0.05) is 6.04 Å². The van der Waals surface area contributed by atoms with Gasteiger partial charge < -0.3 is 11.1 Å². The summed E-state index contributed by atoms with van der Waals surface area (Å²) in [5.74, 6) is 0.983. The van der Waals surface area contributed by atoms with Crippen molar-refractivity contribution in [3.05, 3.63) is 0 Å². The minimum atomic E-state index is -0.554. The van der Waals surface area contributed by atoms with Gasteiger partial charge in [0.25, 0.3) is 0 Å². The number of nitrogens with two attached hydrogens (primary N) is 1. The highest BCUT2D eigenvalue weighted by Crippen LogP contribution is 2.29. The third-order valence-electron chi connectivity index (χ3n) is 4.71. The quantitative estimate of drug-likeness (QED) is 0.793. The smallest absolute Gasteiger partial charge is 0.240 e. The fraction of sp³-hybridized carbons (Fsp3) is 0.929. The molecule has 1 amide bonds. The molecule has 0 saturated heterocycles. The van der Waals surface area contributed by atoms with Crippen molar-refractivity contribution in [1.29, 1.82) is 0 Å². The summed E-state index contributed by atoms with van der Waals surface area (Å²) in [4.78, 5) is 12.2. The summed E-state index contributed by atoms with van der Waals surface area (Å²) in [5, 5.41) is 3.18. The second kappa shape index (κ2) is 5.38. The van der Waals surface area contributed by atoms with Crippen LogP contribution in [-0.2, 0) is 4.79 Å². The zero-order valence-corrected chi connectivity index (χ0v) is 11.0. The number of carbonyl (C=O) groups is 1. The molecule has 0 bridgehead atoms. The second-order valence-electron chi connectivity index (χ2n) is 5.96. The van der Waals surface area contributed by atoms with Gasteiger partial charge in [0.15, 0.2) is 0 Å². The molecule has 0 unspecified atom stereocenters. The molecule has 2 fully saturated rings. The third-order valence-corrected chi connectivity index (χ3v) is 4.71. The van der Waals surface area contributed by atoms with Gasteiger partial charge in [-0.3, -0.25) is 4.79 Å². The van der Waals surface area contributed by atoms with Crippen LogP contribution in [0.4, 0.5) is 0 Å². The standard InChI is InChI=1S/C14H26N2O/c1-2-11-5-7-12(8-6-11)16-13(17)14(15)9-3-4-10-14/h11-12H,2-10,15H2,1H3,(H,16,17). The van der Waals surface area contributed by atoms with E-state index in [2.05, 4.69) is 12.2 Å². The molecule has 2 aliphatic carbocycles. The molecule has 17 heavy (non-hydrogen) atoms. The SMILES string of the molecule is CCC1CCC(NC(=O)C2(N)CCCC2)CC1. The van der Waals surface area contributed by atoms with E-state index in [-0.39, 0.29) is 5.91 Å². The maximum Gasteiger partial charge on any atom is 0.240 e. The van der Waals surface area contributed by atoms with Gasteiger partial charge in [0.05, 0.1) is 5.54 Å². The molecule has 0 aromatic carbocycles. The molecular formula is C14H26N2O. The van der Waals surface area contributed by atoms with E-state index >= 15 is 0 Å². The number of amides is 1. The molecule has 0 aromatic heterocycles. The van der Waals surface area contributed by atoms with Crippen molar-refractivity contribution < 1.29 is 4.79 Å². The van der Waals surface area contributed by atoms with Gasteiger partial charge in [-0.05, 0) is 44.4 Å². The average Bonchev–Trinajstić information content (AvgIpc) is 2.78. The van der Waals surface area contributed by atoms with E-state index in [1.807, 2.05) is 0 Å². The molecule has 0 atom stereocenters. The summed E-state index contributed by atoms with van der Waals surface area (Å²) in [6.45, 7) is 2.26. The van der Waals surface area contributed by atoms with E-state index in [0.29, 0.717) is 6.04 Å². The summed E-state index contributed by atoms with van der Waals surface area (Å²) in [6.07, 6.45) is 10.0. The molecule has 98 valence electrons. The van der Waals surface area contributed by atoms with Crippen molar-refractivity contribution in [1.82, 2.24) is 5.32 Å². The summed E-state index contributed by atoms with van der Waals surface area (Å²) in [5.41, 5.74) is 5.61.